The Morgan fingerprint density at radius 1 is 1.00 bits per heavy atom. The summed E-state index contributed by atoms with van der Waals surface area (Å²) in [5.74, 6) is 1.19. The molecular weight excluding hydrogens is 428 g/mol. The van der Waals surface area contributed by atoms with Crippen LogP contribution in [0.15, 0.2) is 48.5 Å². The average molecular weight is 455 g/mol. The molecule has 3 aromatic rings. The Labute approximate surface area is 191 Å². The topological polar surface area (TPSA) is 102 Å². The van der Waals surface area contributed by atoms with Crippen LogP contribution >= 0.6 is 11.3 Å². The van der Waals surface area contributed by atoms with E-state index >= 15 is 0 Å². The van der Waals surface area contributed by atoms with Gasteiger partial charge in [0.15, 0.2) is 0 Å². The predicted molar refractivity (Wildman–Crippen MR) is 123 cm³/mol. The van der Waals surface area contributed by atoms with Crippen molar-refractivity contribution in [3.63, 3.8) is 0 Å². The highest BCUT2D eigenvalue weighted by Gasteiger charge is 2.13. The fourth-order valence-corrected chi connectivity index (χ4v) is 3.64. The van der Waals surface area contributed by atoms with E-state index in [1.807, 2.05) is 31.2 Å². The van der Waals surface area contributed by atoms with Crippen LogP contribution in [0.4, 0.5) is 5.69 Å². The minimum Gasteiger partial charge on any atom is -0.497 e. The van der Waals surface area contributed by atoms with Crippen LogP contribution in [0, 0.1) is 0 Å². The molecule has 0 aliphatic rings. The highest BCUT2D eigenvalue weighted by Crippen LogP contribution is 2.18. The normalized spacial score (nSPS) is 10.4. The van der Waals surface area contributed by atoms with Crippen LogP contribution in [-0.2, 0) is 17.8 Å². The molecule has 3 rings (SSSR count). The number of aryl methyl sites for hydroxylation is 1. The van der Waals surface area contributed by atoms with E-state index in [-0.39, 0.29) is 16.8 Å². The number of hydrogen-bond acceptors (Lipinski definition) is 7. The van der Waals surface area contributed by atoms with Crippen LogP contribution < -0.4 is 20.1 Å². The number of carbonyl (C=O) groups is 2. The fourth-order valence-electron chi connectivity index (χ4n) is 2.86. The summed E-state index contributed by atoms with van der Waals surface area (Å²) in [6, 6.07) is 14.7. The molecule has 2 aromatic carbocycles. The summed E-state index contributed by atoms with van der Waals surface area (Å²) in [5.41, 5.74) is 1.66. The number of ether oxygens (including phenoxy) is 2. The van der Waals surface area contributed by atoms with Gasteiger partial charge in [0, 0.05) is 25.1 Å². The zero-order chi connectivity index (χ0) is 22.8. The van der Waals surface area contributed by atoms with Crippen LogP contribution in [0.5, 0.6) is 11.5 Å². The molecule has 1 heterocycles. The molecule has 8 nitrogen and oxygen atoms in total. The Hall–Kier alpha value is -3.46. The number of nitrogens with one attached hydrogen (secondary N) is 2. The van der Waals surface area contributed by atoms with Gasteiger partial charge in [-0.15, -0.1) is 10.2 Å². The minimum absolute atomic E-state index is 0.0270. The number of amides is 2. The third kappa shape index (κ3) is 7.05. The van der Waals surface area contributed by atoms with Crippen molar-refractivity contribution >= 4 is 28.8 Å². The molecule has 0 spiro atoms. The third-order valence-corrected chi connectivity index (χ3v) is 5.51. The van der Waals surface area contributed by atoms with Crippen molar-refractivity contribution in [3.05, 3.63) is 64.1 Å². The van der Waals surface area contributed by atoms with E-state index < -0.39 is 0 Å². The van der Waals surface area contributed by atoms with Crippen LogP contribution in [0.3, 0.4) is 0 Å². The lowest BCUT2D eigenvalue weighted by molar-refractivity contribution is -0.121. The van der Waals surface area contributed by atoms with Gasteiger partial charge < -0.3 is 20.1 Å². The Kier molecular flexibility index (Phi) is 8.56. The number of benzene rings is 2. The molecule has 0 fully saturated rings. The van der Waals surface area contributed by atoms with Crippen molar-refractivity contribution in [1.82, 2.24) is 15.5 Å². The Bertz CT molecular complexity index is 1020. The molecule has 0 saturated carbocycles. The standard InChI is InChI=1S/C23H26N4O4S/c1-3-31-19-11-7-16(8-12-19)15-24-20(28)5-4-6-21-26-27-23(32-21)22(29)25-17-9-13-18(30-2)14-10-17/h7-14H,3-6,15H2,1-2H3,(H,24,28)(H,25,29). The van der Waals surface area contributed by atoms with Gasteiger partial charge in [-0.3, -0.25) is 9.59 Å². The number of carbonyl (C=O) groups excluding carboxylic acids is 2. The largest absolute Gasteiger partial charge is 0.497 e. The Morgan fingerprint density at radius 3 is 2.41 bits per heavy atom. The molecule has 0 unspecified atom stereocenters. The Balaban J connectivity index is 1.38. The first-order valence-corrected chi connectivity index (χ1v) is 11.1. The maximum atomic E-state index is 12.3. The number of hydrogen-bond donors (Lipinski definition) is 2. The summed E-state index contributed by atoms with van der Waals surface area (Å²) in [6.07, 6.45) is 1.60. The number of anilines is 1. The lowest BCUT2D eigenvalue weighted by Gasteiger charge is -2.07. The molecular formula is C23H26N4O4S. The molecule has 32 heavy (non-hydrogen) atoms. The number of rotatable bonds is 11. The quantitative estimate of drug-likeness (QED) is 0.456. The van der Waals surface area contributed by atoms with E-state index in [0.717, 1.165) is 16.3 Å². The number of methoxy groups -OCH3 is 1. The monoisotopic (exact) mass is 454 g/mol. The van der Waals surface area contributed by atoms with E-state index in [0.29, 0.717) is 43.9 Å². The second kappa shape index (κ2) is 11.8. The van der Waals surface area contributed by atoms with Gasteiger partial charge >= 0.3 is 0 Å². The van der Waals surface area contributed by atoms with Gasteiger partial charge in [-0.25, -0.2) is 0 Å². The molecule has 0 radical (unpaired) electrons. The van der Waals surface area contributed by atoms with Gasteiger partial charge in [-0.2, -0.15) is 0 Å². The van der Waals surface area contributed by atoms with Crippen LogP contribution in [-0.4, -0.2) is 35.7 Å². The minimum atomic E-state index is -0.313. The summed E-state index contributed by atoms with van der Waals surface area (Å²) in [4.78, 5) is 24.4. The maximum Gasteiger partial charge on any atom is 0.286 e. The molecule has 2 amide bonds. The highest BCUT2D eigenvalue weighted by molar-refractivity contribution is 7.13. The zero-order valence-corrected chi connectivity index (χ0v) is 18.9. The van der Waals surface area contributed by atoms with Gasteiger partial charge in [0.05, 0.1) is 13.7 Å². The second-order valence-corrected chi connectivity index (χ2v) is 7.95. The fraction of sp³-hybridized carbons (Fsp3) is 0.304. The van der Waals surface area contributed by atoms with E-state index in [1.54, 1.807) is 31.4 Å². The maximum absolute atomic E-state index is 12.3. The zero-order valence-electron chi connectivity index (χ0n) is 18.1. The van der Waals surface area contributed by atoms with Crippen LogP contribution in [0.2, 0.25) is 0 Å². The molecule has 1 aromatic heterocycles. The van der Waals surface area contributed by atoms with E-state index in [9.17, 15) is 9.59 Å². The molecule has 2 N–H and O–H groups in total. The highest BCUT2D eigenvalue weighted by atomic mass is 32.1. The lowest BCUT2D eigenvalue weighted by atomic mass is 10.2. The van der Waals surface area contributed by atoms with Crippen LogP contribution in [0.1, 0.15) is 40.1 Å². The molecule has 0 atom stereocenters. The first-order chi connectivity index (χ1) is 15.6. The van der Waals surface area contributed by atoms with Gasteiger partial charge in [0.25, 0.3) is 5.91 Å². The molecule has 0 aliphatic carbocycles. The van der Waals surface area contributed by atoms with Gasteiger partial charge in [0.1, 0.15) is 16.5 Å². The van der Waals surface area contributed by atoms with Crippen molar-refractivity contribution < 1.29 is 19.1 Å². The number of aromatic nitrogens is 2. The van der Waals surface area contributed by atoms with E-state index in [1.165, 1.54) is 11.3 Å². The summed E-state index contributed by atoms with van der Waals surface area (Å²) >= 11 is 1.23. The smallest absolute Gasteiger partial charge is 0.286 e. The van der Waals surface area contributed by atoms with Crippen molar-refractivity contribution in [2.24, 2.45) is 0 Å². The van der Waals surface area contributed by atoms with Crippen LogP contribution in [0.25, 0.3) is 0 Å². The van der Waals surface area contributed by atoms with Gasteiger partial charge in [0.2, 0.25) is 10.9 Å². The summed E-state index contributed by atoms with van der Waals surface area (Å²) < 4.78 is 10.5. The molecule has 9 heteroatoms. The SMILES string of the molecule is CCOc1ccc(CNC(=O)CCCc2nnc(C(=O)Nc3ccc(OC)cc3)s2)cc1. The second-order valence-electron chi connectivity index (χ2n) is 6.89. The predicted octanol–water partition coefficient (Wildman–Crippen LogP) is 3.84. The van der Waals surface area contributed by atoms with Crippen molar-refractivity contribution in [2.75, 3.05) is 19.0 Å². The van der Waals surface area contributed by atoms with Gasteiger partial charge in [-0.1, -0.05) is 23.5 Å². The third-order valence-electron chi connectivity index (χ3n) is 4.53. The average Bonchev–Trinajstić information content (AvgIpc) is 3.28. The summed E-state index contributed by atoms with van der Waals surface area (Å²) in [6.45, 7) is 3.04. The summed E-state index contributed by atoms with van der Waals surface area (Å²) in [5, 5.41) is 14.7. The van der Waals surface area contributed by atoms with E-state index in [2.05, 4.69) is 20.8 Å². The first kappa shape index (κ1) is 23.2. The van der Waals surface area contributed by atoms with Gasteiger partial charge in [-0.05, 0) is 55.3 Å². The molecule has 0 bridgehead atoms. The molecule has 0 saturated heterocycles. The first-order valence-electron chi connectivity index (χ1n) is 10.3. The number of nitrogens with zero attached hydrogens (tertiary/aromatic N) is 2. The molecule has 0 aliphatic heterocycles. The van der Waals surface area contributed by atoms with Crippen molar-refractivity contribution in [3.8, 4) is 11.5 Å². The van der Waals surface area contributed by atoms with Crippen molar-refractivity contribution in [2.45, 2.75) is 32.7 Å². The Morgan fingerprint density at radius 2 is 1.72 bits per heavy atom. The van der Waals surface area contributed by atoms with Crippen molar-refractivity contribution in [1.29, 1.82) is 0 Å². The lowest BCUT2D eigenvalue weighted by Crippen LogP contribution is -2.22. The molecule has 168 valence electrons. The van der Waals surface area contributed by atoms with E-state index in [4.69, 9.17) is 9.47 Å². The summed E-state index contributed by atoms with van der Waals surface area (Å²) in [7, 11) is 1.59.